The van der Waals surface area contributed by atoms with Crippen molar-refractivity contribution in [1.29, 1.82) is 0 Å². The summed E-state index contributed by atoms with van der Waals surface area (Å²) in [6, 6.07) is 0. The number of alkyl halides is 8. The van der Waals surface area contributed by atoms with Gasteiger partial charge in [0.25, 0.3) is 0 Å². The van der Waals surface area contributed by atoms with Crippen LogP contribution in [-0.2, 0) is 9.53 Å². The van der Waals surface area contributed by atoms with E-state index >= 15 is 0 Å². The molecule has 0 aromatic carbocycles. The van der Waals surface area contributed by atoms with Crippen LogP contribution in [0, 0.1) is 0 Å². The van der Waals surface area contributed by atoms with Gasteiger partial charge in [0.05, 0.1) is 0 Å². The summed E-state index contributed by atoms with van der Waals surface area (Å²) in [6.45, 7) is 1.93. The topological polar surface area (TPSA) is 38.3 Å². The Balaban J connectivity index is 4.40. The third-order valence-electron chi connectivity index (χ3n) is 3.44. The summed E-state index contributed by atoms with van der Waals surface area (Å²) in [6.07, 6.45) is -11.6. The first-order valence-electron chi connectivity index (χ1n) is 8.14. The zero-order valence-electron chi connectivity index (χ0n) is 14.5. The van der Waals surface area contributed by atoms with Crippen LogP contribution in [0.5, 0.6) is 0 Å². The standard InChI is InChI=1S/C15H23F8NO2/c1-3-4-7-10-24-11(25)8-5-6-9-13(18,19)15(22,23)26-14(20,21)12(2,16)17/h3-10H2,1-2H3,(H,24,25). The second-order valence-corrected chi connectivity index (χ2v) is 5.99. The van der Waals surface area contributed by atoms with Gasteiger partial charge in [0.2, 0.25) is 5.91 Å². The lowest BCUT2D eigenvalue weighted by atomic mass is 10.1. The van der Waals surface area contributed by atoms with E-state index in [1.165, 1.54) is 0 Å². The van der Waals surface area contributed by atoms with E-state index in [2.05, 4.69) is 10.1 Å². The summed E-state index contributed by atoms with van der Waals surface area (Å²) in [5.74, 6) is -10.6. The zero-order chi connectivity index (χ0) is 20.6. The predicted octanol–water partition coefficient (Wildman–Crippen LogP) is 5.35. The maximum Gasteiger partial charge on any atom is 0.423 e. The van der Waals surface area contributed by atoms with Gasteiger partial charge in [-0.3, -0.25) is 4.79 Å². The van der Waals surface area contributed by atoms with Gasteiger partial charge in [-0.1, -0.05) is 19.8 Å². The van der Waals surface area contributed by atoms with Crippen LogP contribution in [0.15, 0.2) is 0 Å². The third-order valence-corrected chi connectivity index (χ3v) is 3.44. The van der Waals surface area contributed by atoms with Crippen LogP contribution in [0.25, 0.3) is 0 Å². The first-order valence-corrected chi connectivity index (χ1v) is 8.14. The van der Waals surface area contributed by atoms with Crippen molar-refractivity contribution in [2.24, 2.45) is 0 Å². The molecule has 0 aliphatic heterocycles. The number of carbonyl (C=O) groups excluding carboxylic acids is 1. The Kier molecular flexibility index (Phi) is 9.28. The summed E-state index contributed by atoms with van der Waals surface area (Å²) < 4.78 is 106. The maximum absolute atomic E-state index is 13.4. The normalized spacial score (nSPS) is 13.8. The number of hydrogen-bond donors (Lipinski definition) is 1. The van der Waals surface area contributed by atoms with Gasteiger partial charge in [-0.25, -0.2) is 4.74 Å². The largest absolute Gasteiger partial charge is 0.423 e. The van der Waals surface area contributed by atoms with Gasteiger partial charge in [0.1, 0.15) is 0 Å². The molecule has 0 fully saturated rings. The Hall–Kier alpha value is -1.13. The summed E-state index contributed by atoms with van der Waals surface area (Å²) in [4.78, 5) is 11.4. The average Bonchev–Trinajstić information content (AvgIpc) is 2.46. The molecule has 0 aromatic rings. The van der Waals surface area contributed by atoms with Crippen molar-refractivity contribution in [2.75, 3.05) is 6.54 Å². The molecule has 0 saturated carbocycles. The molecule has 0 aliphatic carbocycles. The molecule has 0 aliphatic rings. The van der Waals surface area contributed by atoms with Gasteiger partial charge in [0, 0.05) is 26.3 Å². The van der Waals surface area contributed by atoms with Gasteiger partial charge in [-0.15, -0.1) is 0 Å². The molecule has 3 nitrogen and oxygen atoms in total. The van der Waals surface area contributed by atoms with E-state index in [-0.39, 0.29) is 12.8 Å². The predicted molar refractivity (Wildman–Crippen MR) is 77.5 cm³/mol. The SMILES string of the molecule is CCCCCNC(=O)CCCCC(F)(F)C(F)(F)OC(F)(F)C(C)(F)F. The Labute approximate surface area is 146 Å². The fraction of sp³-hybridized carbons (Fsp3) is 0.933. The van der Waals surface area contributed by atoms with Gasteiger partial charge >= 0.3 is 24.1 Å². The smallest absolute Gasteiger partial charge is 0.356 e. The van der Waals surface area contributed by atoms with Crippen LogP contribution in [0.3, 0.4) is 0 Å². The van der Waals surface area contributed by atoms with Gasteiger partial charge in [-0.05, 0) is 19.3 Å². The van der Waals surface area contributed by atoms with Crippen molar-refractivity contribution < 1.29 is 44.7 Å². The van der Waals surface area contributed by atoms with Crippen LogP contribution >= 0.6 is 0 Å². The Morgan fingerprint density at radius 2 is 1.46 bits per heavy atom. The van der Waals surface area contributed by atoms with Crippen LogP contribution in [0.1, 0.15) is 58.8 Å². The van der Waals surface area contributed by atoms with Gasteiger partial charge in [-0.2, -0.15) is 35.1 Å². The fourth-order valence-electron chi connectivity index (χ4n) is 1.79. The number of unbranched alkanes of at least 4 members (excludes halogenated alkanes) is 3. The summed E-state index contributed by atoms with van der Waals surface area (Å²) in [7, 11) is 0. The lowest BCUT2D eigenvalue weighted by Crippen LogP contribution is -2.52. The van der Waals surface area contributed by atoms with Crippen molar-refractivity contribution in [1.82, 2.24) is 5.32 Å². The van der Waals surface area contributed by atoms with E-state index in [9.17, 15) is 39.9 Å². The highest BCUT2D eigenvalue weighted by molar-refractivity contribution is 5.75. The fourth-order valence-corrected chi connectivity index (χ4v) is 1.79. The van der Waals surface area contributed by atoms with Crippen molar-refractivity contribution >= 4 is 5.91 Å². The molecule has 26 heavy (non-hydrogen) atoms. The number of nitrogens with one attached hydrogen (secondary N) is 1. The van der Waals surface area contributed by atoms with Crippen LogP contribution in [0.2, 0.25) is 0 Å². The Morgan fingerprint density at radius 3 is 1.96 bits per heavy atom. The number of hydrogen-bond acceptors (Lipinski definition) is 2. The van der Waals surface area contributed by atoms with Gasteiger partial charge < -0.3 is 5.32 Å². The minimum atomic E-state index is -5.79. The molecule has 0 atom stereocenters. The number of rotatable bonds is 13. The lowest BCUT2D eigenvalue weighted by molar-refractivity contribution is -0.465. The Morgan fingerprint density at radius 1 is 0.885 bits per heavy atom. The van der Waals surface area contributed by atoms with Crippen LogP contribution in [0.4, 0.5) is 35.1 Å². The molecule has 0 bridgehead atoms. The third kappa shape index (κ3) is 8.05. The van der Waals surface area contributed by atoms with Crippen molar-refractivity contribution in [3.05, 3.63) is 0 Å². The number of amides is 1. The van der Waals surface area contributed by atoms with E-state index in [4.69, 9.17) is 0 Å². The highest BCUT2D eigenvalue weighted by atomic mass is 19.3. The summed E-state index contributed by atoms with van der Waals surface area (Å²) in [5.41, 5.74) is 0. The summed E-state index contributed by atoms with van der Waals surface area (Å²) >= 11 is 0. The average molecular weight is 401 g/mol. The highest BCUT2D eigenvalue weighted by Gasteiger charge is 2.66. The minimum absolute atomic E-state index is 0.203. The zero-order valence-corrected chi connectivity index (χ0v) is 14.5. The second-order valence-electron chi connectivity index (χ2n) is 5.99. The van der Waals surface area contributed by atoms with Crippen molar-refractivity contribution in [3.63, 3.8) is 0 Å². The molecule has 1 amide bonds. The number of halogens is 8. The van der Waals surface area contributed by atoms with Crippen LogP contribution in [-0.4, -0.2) is 36.5 Å². The van der Waals surface area contributed by atoms with Gasteiger partial charge in [0.15, 0.2) is 0 Å². The highest BCUT2D eigenvalue weighted by Crippen LogP contribution is 2.46. The first-order chi connectivity index (χ1) is 11.7. The molecule has 0 saturated heterocycles. The Bertz CT molecular complexity index is 438. The van der Waals surface area contributed by atoms with E-state index < -0.39 is 49.7 Å². The second kappa shape index (κ2) is 9.70. The molecule has 0 aromatic heterocycles. The molecule has 0 heterocycles. The number of ether oxygens (including phenoxy) is 1. The monoisotopic (exact) mass is 401 g/mol. The van der Waals surface area contributed by atoms with Crippen LogP contribution < -0.4 is 5.32 Å². The molecular weight excluding hydrogens is 378 g/mol. The van der Waals surface area contributed by atoms with Crippen molar-refractivity contribution in [3.8, 4) is 0 Å². The molecule has 0 rings (SSSR count). The molecule has 156 valence electrons. The molecular formula is C15H23F8NO2. The molecule has 0 radical (unpaired) electrons. The molecule has 0 spiro atoms. The summed E-state index contributed by atoms with van der Waals surface area (Å²) in [5, 5.41) is 2.51. The van der Waals surface area contributed by atoms with E-state index in [0.29, 0.717) is 6.54 Å². The molecule has 11 heteroatoms. The first kappa shape index (κ1) is 24.9. The molecule has 0 unspecified atom stereocenters. The van der Waals surface area contributed by atoms with Crippen molar-refractivity contribution in [2.45, 2.75) is 82.9 Å². The maximum atomic E-state index is 13.4. The number of carbonyl (C=O) groups is 1. The van der Waals surface area contributed by atoms with E-state index in [1.807, 2.05) is 6.92 Å². The minimum Gasteiger partial charge on any atom is -0.356 e. The lowest BCUT2D eigenvalue weighted by Gasteiger charge is -2.31. The molecule has 1 N–H and O–H groups in total. The quantitative estimate of drug-likeness (QED) is 0.334. The van der Waals surface area contributed by atoms with E-state index in [0.717, 1.165) is 19.3 Å². The van der Waals surface area contributed by atoms with E-state index in [1.54, 1.807) is 0 Å².